The third-order valence-electron chi connectivity index (χ3n) is 4.62. The zero-order chi connectivity index (χ0) is 20.1. The predicted octanol–water partition coefficient (Wildman–Crippen LogP) is 4.71. The highest BCUT2D eigenvalue weighted by Gasteiger charge is 2.20. The summed E-state index contributed by atoms with van der Waals surface area (Å²) in [5, 5.41) is 0. The molecule has 28 heavy (non-hydrogen) atoms. The SMILES string of the molecule is Cc1ccc(C(=O)C(C)OC(=O)CCc2ncc(-c3ccccc3)o2)cc1C. The van der Waals surface area contributed by atoms with Crippen molar-refractivity contribution in [2.75, 3.05) is 0 Å². The zero-order valence-corrected chi connectivity index (χ0v) is 16.3. The van der Waals surface area contributed by atoms with Gasteiger partial charge in [-0.3, -0.25) is 9.59 Å². The highest BCUT2D eigenvalue weighted by atomic mass is 16.5. The molecule has 0 radical (unpaired) electrons. The van der Waals surface area contributed by atoms with Gasteiger partial charge in [0, 0.05) is 17.5 Å². The Hall–Kier alpha value is -3.21. The average Bonchev–Trinajstić information content (AvgIpc) is 3.17. The molecule has 2 aromatic carbocycles. The van der Waals surface area contributed by atoms with Gasteiger partial charge in [-0.25, -0.2) is 4.98 Å². The third kappa shape index (κ3) is 4.74. The van der Waals surface area contributed by atoms with Gasteiger partial charge in [0.25, 0.3) is 0 Å². The molecule has 0 saturated heterocycles. The molecule has 0 saturated carbocycles. The minimum Gasteiger partial charge on any atom is -0.454 e. The Bertz CT molecular complexity index is 975. The molecule has 0 fully saturated rings. The van der Waals surface area contributed by atoms with E-state index in [1.807, 2.05) is 56.3 Å². The van der Waals surface area contributed by atoms with Gasteiger partial charge in [0.1, 0.15) is 0 Å². The number of aromatic nitrogens is 1. The lowest BCUT2D eigenvalue weighted by molar-refractivity contribution is -0.146. The first kappa shape index (κ1) is 19.5. The predicted molar refractivity (Wildman–Crippen MR) is 106 cm³/mol. The molecule has 1 unspecified atom stereocenters. The van der Waals surface area contributed by atoms with E-state index in [1.54, 1.807) is 19.2 Å². The monoisotopic (exact) mass is 377 g/mol. The number of benzene rings is 2. The van der Waals surface area contributed by atoms with Crippen molar-refractivity contribution < 1.29 is 18.7 Å². The summed E-state index contributed by atoms with van der Waals surface area (Å²) in [7, 11) is 0. The van der Waals surface area contributed by atoms with E-state index in [1.165, 1.54) is 0 Å². The first-order valence-electron chi connectivity index (χ1n) is 9.25. The van der Waals surface area contributed by atoms with Gasteiger partial charge in [0.05, 0.1) is 12.6 Å². The number of carbonyl (C=O) groups is 2. The van der Waals surface area contributed by atoms with E-state index < -0.39 is 12.1 Å². The van der Waals surface area contributed by atoms with Crippen LogP contribution in [-0.2, 0) is 16.0 Å². The van der Waals surface area contributed by atoms with E-state index in [0.29, 0.717) is 23.6 Å². The van der Waals surface area contributed by atoms with E-state index in [0.717, 1.165) is 16.7 Å². The summed E-state index contributed by atoms with van der Waals surface area (Å²) in [4.78, 5) is 28.8. The molecule has 0 amide bonds. The van der Waals surface area contributed by atoms with E-state index in [9.17, 15) is 9.59 Å². The summed E-state index contributed by atoms with van der Waals surface area (Å²) < 4.78 is 11.0. The van der Waals surface area contributed by atoms with Gasteiger partial charge in [-0.15, -0.1) is 0 Å². The van der Waals surface area contributed by atoms with Gasteiger partial charge < -0.3 is 9.15 Å². The van der Waals surface area contributed by atoms with Crippen LogP contribution in [0, 0.1) is 13.8 Å². The minimum absolute atomic E-state index is 0.0965. The lowest BCUT2D eigenvalue weighted by Gasteiger charge is -2.13. The van der Waals surface area contributed by atoms with Gasteiger partial charge >= 0.3 is 5.97 Å². The molecule has 3 aromatic rings. The Morgan fingerprint density at radius 3 is 2.54 bits per heavy atom. The van der Waals surface area contributed by atoms with Gasteiger partial charge in [-0.1, -0.05) is 42.5 Å². The summed E-state index contributed by atoms with van der Waals surface area (Å²) in [5.74, 6) is 0.453. The summed E-state index contributed by atoms with van der Waals surface area (Å²) >= 11 is 0. The summed E-state index contributed by atoms with van der Waals surface area (Å²) in [6.07, 6.45) is 1.22. The van der Waals surface area contributed by atoms with Crippen LogP contribution in [0.1, 0.15) is 40.7 Å². The van der Waals surface area contributed by atoms with Crippen molar-refractivity contribution >= 4 is 11.8 Å². The molecule has 0 aliphatic heterocycles. The molecular weight excluding hydrogens is 354 g/mol. The van der Waals surface area contributed by atoms with E-state index >= 15 is 0 Å². The first-order chi connectivity index (χ1) is 13.4. The molecule has 0 bridgehead atoms. The fraction of sp³-hybridized carbons (Fsp3) is 0.261. The van der Waals surface area contributed by atoms with Crippen LogP contribution in [0.4, 0.5) is 0 Å². The molecule has 0 spiro atoms. The molecule has 0 aliphatic rings. The van der Waals surface area contributed by atoms with Crippen molar-refractivity contribution in [3.8, 4) is 11.3 Å². The Kier molecular flexibility index (Phi) is 6.04. The topological polar surface area (TPSA) is 69.4 Å². The van der Waals surface area contributed by atoms with Crippen LogP contribution < -0.4 is 0 Å². The van der Waals surface area contributed by atoms with Crippen LogP contribution in [0.5, 0.6) is 0 Å². The summed E-state index contributed by atoms with van der Waals surface area (Å²) in [5.41, 5.74) is 3.62. The normalized spacial score (nSPS) is 11.8. The van der Waals surface area contributed by atoms with Crippen LogP contribution in [0.15, 0.2) is 59.1 Å². The number of hydrogen-bond acceptors (Lipinski definition) is 5. The second-order valence-electron chi connectivity index (χ2n) is 6.78. The second kappa shape index (κ2) is 8.65. The fourth-order valence-corrected chi connectivity index (χ4v) is 2.81. The number of hydrogen-bond donors (Lipinski definition) is 0. The van der Waals surface area contributed by atoms with Gasteiger partial charge in [0.2, 0.25) is 5.78 Å². The first-order valence-corrected chi connectivity index (χ1v) is 9.25. The van der Waals surface area contributed by atoms with Crippen molar-refractivity contribution in [3.05, 3.63) is 77.3 Å². The maximum atomic E-state index is 12.5. The average molecular weight is 377 g/mol. The largest absolute Gasteiger partial charge is 0.454 e. The quantitative estimate of drug-likeness (QED) is 0.441. The Labute approximate surface area is 164 Å². The number of ether oxygens (including phenoxy) is 1. The number of ketones is 1. The molecule has 3 rings (SSSR count). The summed E-state index contributed by atoms with van der Waals surface area (Å²) in [6, 6.07) is 15.1. The number of carbonyl (C=O) groups excluding carboxylic acids is 2. The van der Waals surface area contributed by atoms with Crippen molar-refractivity contribution in [2.24, 2.45) is 0 Å². The number of Topliss-reactive ketones (excluding diaryl/α,β-unsaturated/α-hetero) is 1. The van der Waals surface area contributed by atoms with Crippen LogP contribution in [0.2, 0.25) is 0 Å². The lowest BCUT2D eigenvalue weighted by Crippen LogP contribution is -2.24. The van der Waals surface area contributed by atoms with Crippen LogP contribution in [0.25, 0.3) is 11.3 Å². The second-order valence-corrected chi connectivity index (χ2v) is 6.78. The number of esters is 1. The number of aryl methyl sites for hydroxylation is 3. The minimum atomic E-state index is -0.834. The standard InChI is InChI=1S/C23H23NO4/c1-15-9-10-19(13-16(15)2)23(26)17(3)27-22(25)12-11-21-24-14-20(28-21)18-7-5-4-6-8-18/h4-10,13-14,17H,11-12H2,1-3H3. The third-order valence-corrected chi connectivity index (χ3v) is 4.62. The molecule has 5 heteroatoms. The molecular formula is C23H23NO4. The van der Waals surface area contributed by atoms with Crippen LogP contribution in [-0.4, -0.2) is 22.8 Å². The summed E-state index contributed by atoms with van der Waals surface area (Å²) in [6.45, 7) is 5.52. The Morgan fingerprint density at radius 1 is 1.07 bits per heavy atom. The maximum absolute atomic E-state index is 12.5. The van der Waals surface area contributed by atoms with E-state index in [2.05, 4.69) is 4.98 Å². The van der Waals surface area contributed by atoms with Crippen LogP contribution in [0.3, 0.4) is 0 Å². The number of nitrogens with zero attached hydrogens (tertiary/aromatic N) is 1. The van der Waals surface area contributed by atoms with Gasteiger partial charge in [-0.05, 0) is 38.0 Å². The molecule has 0 aliphatic carbocycles. The maximum Gasteiger partial charge on any atom is 0.307 e. The van der Waals surface area contributed by atoms with Crippen LogP contribution >= 0.6 is 0 Å². The Balaban J connectivity index is 1.53. The highest BCUT2D eigenvalue weighted by Crippen LogP contribution is 2.20. The number of rotatable bonds is 7. The zero-order valence-electron chi connectivity index (χ0n) is 16.3. The van der Waals surface area contributed by atoms with E-state index in [-0.39, 0.29) is 12.2 Å². The van der Waals surface area contributed by atoms with E-state index in [4.69, 9.17) is 9.15 Å². The molecule has 1 heterocycles. The van der Waals surface area contributed by atoms with Crippen molar-refractivity contribution in [3.63, 3.8) is 0 Å². The highest BCUT2D eigenvalue weighted by molar-refractivity contribution is 6.00. The molecule has 0 N–H and O–H groups in total. The van der Waals surface area contributed by atoms with Crippen molar-refractivity contribution in [2.45, 2.75) is 39.7 Å². The molecule has 1 atom stereocenters. The van der Waals surface area contributed by atoms with Crippen molar-refractivity contribution in [1.82, 2.24) is 4.98 Å². The number of oxazole rings is 1. The fourth-order valence-electron chi connectivity index (χ4n) is 2.81. The van der Waals surface area contributed by atoms with Gasteiger partial charge in [0.15, 0.2) is 17.8 Å². The molecule has 144 valence electrons. The molecule has 5 nitrogen and oxygen atoms in total. The Morgan fingerprint density at radius 2 is 1.82 bits per heavy atom. The smallest absolute Gasteiger partial charge is 0.307 e. The van der Waals surface area contributed by atoms with Crippen molar-refractivity contribution in [1.29, 1.82) is 0 Å². The molecule has 1 aromatic heterocycles. The van der Waals surface area contributed by atoms with Gasteiger partial charge in [-0.2, -0.15) is 0 Å². The lowest BCUT2D eigenvalue weighted by atomic mass is 10.0.